The molecule has 0 aliphatic carbocycles. The number of nitrogens with one attached hydrogen (secondary N) is 1. The fraction of sp³-hybridized carbons (Fsp3) is 0.176. The number of rotatable bonds is 5. The molecule has 5 nitrogen and oxygen atoms in total. The molecule has 2 aromatic carbocycles. The molecule has 0 unspecified atom stereocenters. The van der Waals surface area contributed by atoms with Gasteiger partial charge in [0.25, 0.3) is 0 Å². The molecule has 0 aliphatic heterocycles. The van der Waals surface area contributed by atoms with E-state index in [1.165, 1.54) is 34.9 Å². The third kappa shape index (κ3) is 4.85. The SMILES string of the molecule is CC(F)(F)Oc1ccc(N=c2s[nH]c(=O)n2Cc2ccc(F)c(F)c2)cc1. The summed E-state index contributed by atoms with van der Waals surface area (Å²) in [5.74, 6) is -2.02. The lowest BCUT2D eigenvalue weighted by Gasteiger charge is -2.12. The molecule has 0 radical (unpaired) electrons. The van der Waals surface area contributed by atoms with E-state index in [2.05, 4.69) is 14.1 Å². The van der Waals surface area contributed by atoms with Crippen molar-refractivity contribution in [3.63, 3.8) is 0 Å². The Morgan fingerprint density at radius 1 is 1.15 bits per heavy atom. The molecule has 10 heteroatoms. The minimum Gasteiger partial charge on any atom is -0.433 e. The summed E-state index contributed by atoms with van der Waals surface area (Å²) in [6, 6.07) is 8.89. The number of H-pyrrole nitrogens is 1. The minimum atomic E-state index is -3.30. The first kappa shape index (κ1) is 18.9. The third-order valence-electron chi connectivity index (χ3n) is 3.39. The lowest BCUT2D eigenvalue weighted by atomic mass is 10.2. The van der Waals surface area contributed by atoms with E-state index in [1.807, 2.05) is 0 Å². The highest BCUT2D eigenvalue weighted by Gasteiger charge is 2.22. The smallest absolute Gasteiger partial charge is 0.394 e. The Balaban J connectivity index is 1.89. The van der Waals surface area contributed by atoms with Crippen LogP contribution in [0.2, 0.25) is 0 Å². The Kier molecular flexibility index (Phi) is 5.17. The first-order chi connectivity index (χ1) is 12.7. The number of aromatic amines is 1. The predicted octanol–water partition coefficient (Wildman–Crippen LogP) is 3.79. The molecule has 0 aliphatic rings. The number of alkyl halides is 2. The van der Waals surface area contributed by atoms with Crippen LogP contribution in [0.1, 0.15) is 12.5 Å². The monoisotopic (exact) mass is 399 g/mol. The molecule has 1 aromatic heterocycles. The molecule has 3 aromatic rings. The average Bonchev–Trinajstić information content (AvgIpc) is 2.92. The topological polar surface area (TPSA) is 59.4 Å². The maximum atomic E-state index is 13.4. The van der Waals surface area contributed by atoms with Crippen molar-refractivity contribution in [3.8, 4) is 5.75 Å². The molecule has 0 atom stereocenters. The number of benzene rings is 2. The van der Waals surface area contributed by atoms with E-state index in [-0.39, 0.29) is 17.1 Å². The Morgan fingerprint density at radius 2 is 1.85 bits per heavy atom. The second-order valence-corrected chi connectivity index (χ2v) is 6.42. The van der Waals surface area contributed by atoms with Gasteiger partial charge < -0.3 is 4.74 Å². The van der Waals surface area contributed by atoms with Gasteiger partial charge >= 0.3 is 11.8 Å². The van der Waals surface area contributed by atoms with Crippen LogP contribution in [-0.4, -0.2) is 15.0 Å². The summed E-state index contributed by atoms with van der Waals surface area (Å²) in [5, 5.41) is 0. The van der Waals surface area contributed by atoms with Crippen molar-refractivity contribution in [2.24, 2.45) is 4.99 Å². The summed E-state index contributed by atoms with van der Waals surface area (Å²) >= 11 is 0.952. The number of nitrogens with zero attached hydrogens (tertiary/aromatic N) is 2. The first-order valence-corrected chi connectivity index (χ1v) is 8.47. The fourth-order valence-corrected chi connectivity index (χ4v) is 2.93. The lowest BCUT2D eigenvalue weighted by Crippen LogP contribution is -2.27. The summed E-state index contributed by atoms with van der Waals surface area (Å²) in [5.41, 5.74) is 0.318. The zero-order valence-corrected chi connectivity index (χ0v) is 14.7. The highest BCUT2D eigenvalue weighted by molar-refractivity contribution is 7.02. The van der Waals surface area contributed by atoms with Gasteiger partial charge in [-0.15, -0.1) is 0 Å². The molecule has 0 amide bonds. The summed E-state index contributed by atoms with van der Waals surface area (Å²) in [4.78, 5) is 16.5. The van der Waals surface area contributed by atoms with E-state index in [4.69, 9.17) is 0 Å². The van der Waals surface area contributed by atoms with Gasteiger partial charge in [-0.05, 0) is 53.5 Å². The molecule has 3 rings (SSSR count). The Hall–Kier alpha value is -2.88. The zero-order chi connectivity index (χ0) is 19.6. The molecule has 0 saturated carbocycles. The molecule has 142 valence electrons. The summed E-state index contributed by atoms with van der Waals surface area (Å²) in [6.07, 6.45) is -3.30. The van der Waals surface area contributed by atoms with Crippen LogP contribution in [0.5, 0.6) is 5.75 Å². The van der Waals surface area contributed by atoms with E-state index >= 15 is 0 Å². The summed E-state index contributed by atoms with van der Waals surface area (Å²) in [7, 11) is 0. The van der Waals surface area contributed by atoms with Crippen LogP contribution in [-0.2, 0) is 6.54 Å². The summed E-state index contributed by atoms with van der Waals surface area (Å²) in [6.45, 7) is 0.613. The normalized spacial score (nSPS) is 12.4. The zero-order valence-electron chi connectivity index (χ0n) is 13.9. The van der Waals surface area contributed by atoms with Gasteiger partial charge in [0.15, 0.2) is 11.6 Å². The molecular formula is C17H13F4N3O2S. The lowest BCUT2D eigenvalue weighted by molar-refractivity contribution is -0.158. The Labute approximate surface area is 154 Å². The molecule has 0 fully saturated rings. The molecular weight excluding hydrogens is 386 g/mol. The van der Waals surface area contributed by atoms with Crippen molar-refractivity contribution in [2.45, 2.75) is 19.6 Å². The van der Waals surface area contributed by atoms with Crippen LogP contribution in [0.25, 0.3) is 0 Å². The van der Waals surface area contributed by atoms with Gasteiger partial charge in [-0.2, -0.15) is 8.78 Å². The van der Waals surface area contributed by atoms with Crippen molar-refractivity contribution < 1.29 is 22.3 Å². The van der Waals surface area contributed by atoms with Crippen LogP contribution >= 0.6 is 11.5 Å². The second-order valence-electron chi connectivity index (χ2n) is 5.64. The minimum absolute atomic E-state index is 0.0158. The van der Waals surface area contributed by atoms with E-state index in [0.29, 0.717) is 18.2 Å². The van der Waals surface area contributed by atoms with Crippen LogP contribution in [0.4, 0.5) is 23.2 Å². The standard InChI is InChI=1S/C17H13F4N3O2S/c1-17(20,21)26-12-5-3-11(4-6-12)22-16-24(15(25)23-27-16)9-10-2-7-13(18)14(19)8-10/h2-8H,9H2,1H3,(H,23,25). The highest BCUT2D eigenvalue weighted by atomic mass is 32.1. The van der Waals surface area contributed by atoms with Crippen molar-refractivity contribution in [2.75, 3.05) is 0 Å². The first-order valence-electron chi connectivity index (χ1n) is 7.65. The molecule has 0 bridgehead atoms. The molecule has 1 heterocycles. The van der Waals surface area contributed by atoms with Gasteiger partial charge in [0, 0.05) is 6.92 Å². The summed E-state index contributed by atoms with van der Waals surface area (Å²) < 4.78 is 60.3. The largest absolute Gasteiger partial charge is 0.433 e. The maximum absolute atomic E-state index is 13.4. The average molecular weight is 399 g/mol. The van der Waals surface area contributed by atoms with Crippen LogP contribution in [0.3, 0.4) is 0 Å². The van der Waals surface area contributed by atoms with Gasteiger partial charge in [0.05, 0.1) is 12.2 Å². The highest BCUT2D eigenvalue weighted by Crippen LogP contribution is 2.23. The Bertz CT molecular complexity index is 1070. The molecule has 1 N–H and O–H groups in total. The van der Waals surface area contributed by atoms with E-state index < -0.39 is 23.4 Å². The van der Waals surface area contributed by atoms with Gasteiger partial charge in [0.2, 0.25) is 4.80 Å². The van der Waals surface area contributed by atoms with Crippen LogP contribution in [0.15, 0.2) is 52.3 Å². The predicted molar refractivity (Wildman–Crippen MR) is 91.3 cm³/mol. The second kappa shape index (κ2) is 7.39. The number of halogens is 4. The van der Waals surface area contributed by atoms with Crippen molar-refractivity contribution in [3.05, 3.63) is 74.9 Å². The number of hydrogen-bond donors (Lipinski definition) is 1. The van der Waals surface area contributed by atoms with E-state index in [1.54, 1.807) is 0 Å². The Morgan fingerprint density at radius 3 is 2.48 bits per heavy atom. The maximum Gasteiger partial charge on any atom is 0.394 e. The van der Waals surface area contributed by atoms with Gasteiger partial charge in [0.1, 0.15) is 5.75 Å². The fourth-order valence-electron chi connectivity index (χ4n) is 2.24. The van der Waals surface area contributed by atoms with Crippen molar-refractivity contribution in [1.82, 2.24) is 8.94 Å². The number of aromatic nitrogens is 2. The molecule has 27 heavy (non-hydrogen) atoms. The number of ether oxygens (including phenoxy) is 1. The van der Waals surface area contributed by atoms with Crippen LogP contribution in [0, 0.1) is 11.6 Å². The van der Waals surface area contributed by atoms with Gasteiger partial charge in [-0.25, -0.2) is 18.6 Å². The van der Waals surface area contributed by atoms with Gasteiger partial charge in [-0.3, -0.25) is 8.94 Å². The van der Waals surface area contributed by atoms with E-state index in [0.717, 1.165) is 23.7 Å². The van der Waals surface area contributed by atoms with E-state index in [9.17, 15) is 22.4 Å². The van der Waals surface area contributed by atoms with Crippen molar-refractivity contribution in [1.29, 1.82) is 0 Å². The molecule has 0 saturated heterocycles. The van der Waals surface area contributed by atoms with Gasteiger partial charge in [-0.1, -0.05) is 6.07 Å². The number of hydrogen-bond acceptors (Lipinski definition) is 4. The molecule has 0 spiro atoms. The van der Waals surface area contributed by atoms with Crippen LogP contribution < -0.4 is 15.2 Å². The van der Waals surface area contributed by atoms with Crippen molar-refractivity contribution >= 4 is 17.2 Å². The third-order valence-corrected chi connectivity index (χ3v) is 4.16. The quantitative estimate of drug-likeness (QED) is 0.664.